The topological polar surface area (TPSA) is 64.1 Å². The molecule has 0 saturated heterocycles. The van der Waals surface area contributed by atoms with Gasteiger partial charge in [-0.2, -0.15) is 0 Å². The summed E-state index contributed by atoms with van der Waals surface area (Å²) in [6.07, 6.45) is 1.42. The number of benzene rings is 2. The van der Waals surface area contributed by atoms with Gasteiger partial charge in [0.05, 0.1) is 23.8 Å². The largest absolute Gasteiger partial charge is 0.372 e. The van der Waals surface area contributed by atoms with Crippen LogP contribution in [0.5, 0.6) is 0 Å². The molecule has 1 unspecified atom stereocenters. The lowest BCUT2D eigenvalue weighted by Gasteiger charge is -2.29. The monoisotopic (exact) mass is 339 g/mol. The number of carbonyl (C=O) groups excluding carboxylic acids is 1. The Bertz CT molecular complexity index is 916. The van der Waals surface area contributed by atoms with E-state index in [1.807, 2.05) is 18.2 Å². The highest BCUT2D eigenvalue weighted by Gasteiger charge is 2.30. The summed E-state index contributed by atoms with van der Waals surface area (Å²) >= 11 is 0. The molecule has 0 radical (unpaired) electrons. The Morgan fingerprint density at radius 1 is 1.16 bits per heavy atom. The van der Waals surface area contributed by atoms with Gasteiger partial charge in [-0.25, -0.2) is 9.37 Å². The number of fused-ring (bicyclic) bond motifs is 1. The molecule has 1 amide bonds. The second kappa shape index (κ2) is 6.94. The summed E-state index contributed by atoms with van der Waals surface area (Å²) in [7, 11) is 1.48. The van der Waals surface area contributed by atoms with Crippen molar-refractivity contribution in [3.05, 3.63) is 71.8 Å². The molecule has 0 saturated carbocycles. The fraction of sp³-hybridized carbons (Fsp3) is 0.211. The van der Waals surface area contributed by atoms with Crippen molar-refractivity contribution in [3.63, 3.8) is 0 Å². The van der Waals surface area contributed by atoms with Crippen LogP contribution in [0.25, 0.3) is 11.0 Å². The van der Waals surface area contributed by atoms with Crippen LogP contribution in [0, 0.1) is 5.82 Å². The highest BCUT2D eigenvalue weighted by atomic mass is 19.1. The summed E-state index contributed by atoms with van der Waals surface area (Å²) in [6, 6.07) is 13.6. The smallest absolute Gasteiger partial charge is 0.271 e. The van der Waals surface area contributed by atoms with Crippen LogP contribution in [0.2, 0.25) is 0 Å². The van der Waals surface area contributed by atoms with Gasteiger partial charge in [0.1, 0.15) is 17.1 Å². The van der Waals surface area contributed by atoms with Crippen LogP contribution in [0.1, 0.15) is 23.0 Å². The van der Waals surface area contributed by atoms with Crippen molar-refractivity contribution >= 4 is 16.9 Å². The van der Waals surface area contributed by atoms with Crippen molar-refractivity contribution in [1.82, 2.24) is 15.3 Å². The van der Waals surface area contributed by atoms with Crippen molar-refractivity contribution < 1.29 is 13.9 Å². The van der Waals surface area contributed by atoms with Crippen molar-refractivity contribution in [1.29, 1.82) is 0 Å². The fourth-order valence-corrected chi connectivity index (χ4v) is 2.57. The second-order valence-electron chi connectivity index (χ2n) is 5.84. The van der Waals surface area contributed by atoms with Crippen LogP contribution in [-0.2, 0) is 10.3 Å². The van der Waals surface area contributed by atoms with E-state index in [0.717, 1.165) is 0 Å². The molecule has 3 rings (SSSR count). The van der Waals surface area contributed by atoms with Crippen LogP contribution < -0.4 is 5.32 Å². The molecule has 5 nitrogen and oxygen atoms in total. The van der Waals surface area contributed by atoms with Gasteiger partial charge in [0, 0.05) is 12.7 Å². The zero-order valence-corrected chi connectivity index (χ0v) is 14.0. The maximum absolute atomic E-state index is 14.1. The summed E-state index contributed by atoms with van der Waals surface area (Å²) < 4.78 is 19.5. The first-order valence-electron chi connectivity index (χ1n) is 7.83. The van der Waals surface area contributed by atoms with Gasteiger partial charge in [-0.15, -0.1) is 0 Å². The van der Waals surface area contributed by atoms with E-state index in [-0.39, 0.29) is 18.1 Å². The molecule has 6 heteroatoms. The van der Waals surface area contributed by atoms with Crippen molar-refractivity contribution in [2.45, 2.75) is 12.5 Å². The number of halogens is 1. The number of nitrogens with one attached hydrogen (secondary N) is 1. The molecule has 0 aliphatic heterocycles. The molecule has 1 N–H and O–H groups in total. The number of nitrogens with zero attached hydrogens (tertiary/aromatic N) is 2. The van der Waals surface area contributed by atoms with Crippen molar-refractivity contribution in [2.75, 3.05) is 13.7 Å². The highest BCUT2D eigenvalue weighted by molar-refractivity contribution is 5.93. The maximum Gasteiger partial charge on any atom is 0.271 e. The van der Waals surface area contributed by atoms with Gasteiger partial charge >= 0.3 is 0 Å². The Hall–Kier alpha value is -2.86. The van der Waals surface area contributed by atoms with E-state index in [9.17, 15) is 9.18 Å². The number of para-hydroxylation sites is 2. The first kappa shape index (κ1) is 17.0. The fourth-order valence-electron chi connectivity index (χ4n) is 2.57. The van der Waals surface area contributed by atoms with Crippen LogP contribution >= 0.6 is 0 Å². The standard InChI is InChI=1S/C19H18FN3O2/c1-19(25-2,13-7-3-4-8-14(13)20)12-22-18(24)17-11-21-15-9-5-6-10-16(15)23-17/h3-11H,12H2,1-2H3,(H,22,24). The van der Waals surface area contributed by atoms with Gasteiger partial charge in [-0.05, 0) is 25.1 Å². The summed E-state index contributed by atoms with van der Waals surface area (Å²) in [6.45, 7) is 1.82. The van der Waals surface area contributed by atoms with E-state index in [4.69, 9.17) is 4.74 Å². The first-order valence-corrected chi connectivity index (χ1v) is 7.83. The minimum atomic E-state index is -0.995. The minimum absolute atomic E-state index is 0.0950. The van der Waals surface area contributed by atoms with Crippen LogP contribution in [-0.4, -0.2) is 29.5 Å². The number of methoxy groups -OCH3 is 1. The van der Waals surface area contributed by atoms with E-state index >= 15 is 0 Å². The number of carbonyl (C=O) groups is 1. The molecule has 0 aliphatic rings. The Balaban J connectivity index is 1.78. The molecule has 0 aliphatic carbocycles. The molecule has 1 aromatic heterocycles. The van der Waals surface area contributed by atoms with Gasteiger partial charge in [0.2, 0.25) is 0 Å². The van der Waals surface area contributed by atoms with Crippen molar-refractivity contribution in [2.24, 2.45) is 0 Å². The Kier molecular flexibility index (Phi) is 4.72. The molecule has 128 valence electrons. The zero-order valence-electron chi connectivity index (χ0n) is 14.0. The van der Waals surface area contributed by atoms with Crippen molar-refractivity contribution in [3.8, 4) is 0 Å². The lowest BCUT2D eigenvalue weighted by Crippen LogP contribution is -2.41. The number of hydrogen-bond acceptors (Lipinski definition) is 4. The third kappa shape index (κ3) is 3.49. The van der Waals surface area contributed by atoms with Crippen LogP contribution in [0.4, 0.5) is 4.39 Å². The van der Waals surface area contributed by atoms with Crippen LogP contribution in [0.3, 0.4) is 0 Å². The van der Waals surface area contributed by atoms with Gasteiger partial charge < -0.3 is 10.1 Å². The molecule has 0 spiro atoms. The third-order valence-electron chi connectivity index (χ3n) is 4.16. The van der Waals surface area contributed by atoms with E-state index in [2.05, 4.69) is 15.3 Å². The predicted octanol–water partition coefficient (Wildman–Crippen LogP) is 3.06. The Morgan fingerprint density at radius 3 is 2.56 bits per heavy atom. The summed E-state index contributed by atoms with van der Waals surface area (Å²) in [5.41, 5.74) is 0.935. The number of ether oxygens (including phenoxy) is 1. The van der Waals surface area contributed by atoms with Crippen LogP contribution in [0.15, 0.2) is 54.7 Å². The first-order chi connectivity index (χ1) is 12.0. The van der Waals surface area contributed by atoms with E-state index in [1.54, 1.807) is 31.2 Å². The quantitative estimate of drug-likeness (QED) is 0.776. The number of rotatable bonds is 5. The van der Waals surface area contributed by atoms with Gasteiger partial charge in [-0.3, -0.25) is 9.78 Å². The molecule has 1 heterocycles. The average Bonchev–Trinajstić information content (AvgIpc) is 2.65. The minimum Gasteiger partial charge on any atom is -0.372 e. The van der Waals surface area contributed by atoms with Gasteiger partial charge in [0.25, 0.3) is 5.91 Å². The summed E-state index contributed by atoms with van der Waals surface area (Å²) in [4.78, 5) is 20.9. The van der Waals surface area contributed by atoms with E-state index < -0.39 is 11.5 Å². The molecule has 0 bridgehead atoms. The highest BCUT2D eigenvalue weighted by Crippen LogP contribution is 2.26. The van der Waals surface area contributed by atoms with Gasteiger partial charge in [0.15, 0.2) is 0 Å². The summed E-state index contributed by atoms with van der Waals surface area (Å²) in [5.74, 6) is -0.774. The molecular weight excluding hydrogens is 321 g/mol. The Morgan fingerprint density at radius 2 is 1.84 bits per heavy atom. The zero-order chi connectivity index (χ0) is 17.9. The Labute approximate surface area is 144 Å². The molecule has 1 atom stereocenters. The van der Waals surface area contributed by atoms with E-state index in [1.165, 1.54) is 19.4 Å². The molecular formula is C19H18FN3O2. The van der Waals surface area contributed by atoms with Gasteiger partial charge in [-0.1, -0.05) is 30.3 Å². The predicted molar refractivity (Wildman–Crippen MR) is 92.6 cm³/mol. The lowest BCUT2D eigenvalue weighted by molar-refractivity contribution is 0.000349. The third-order valence-corrected chi connectivity index (χ3v) is 4.16. The molecule has 25 heavy (non-hydrogen) atoms. The SMILES string of the molecule is COC(C)(CNC(=O)c1cnc2ccccc2n1)c1ccccc1F. The molecule has 0 fully saturated rings. The average molecular weight is 339 g/mol. The summed E-state index contributed by atoms with van der Waals surface area (Å²) in [5, 5.41) is 2.75. The number of aromatic nitrogens is 2. The van der Waals surface area contributed by atoms with E-state index in [0.29, 0.717) is 16.6 Å². The molecule has 2 aromatic carbocycles. The normalized spacial score (nSPS) is 13.4. The second-order valence-corrected chi connectivity index (χ2v) is 5.84. The number of amides is 1. The number of hydrogen-bond donors (Lipinski definition) is 1. The molecule has 3 aromatic rings. The lowest BCUT2D eigenvalue weighted by atomic mass is 9.95. The maximum atomic E-state index is 14.1.